The number of amides is 1. The molecule has 0 spiro atoms. The summed E-state index contributed by atoms with van der Waals surface area (Å²) >= 11 is 0. The van der Waals surface area contributed by atoms with E-state index in [-0.39, 0.29) is 12.5 Å². The van der Waals surface area contributed by atoms with E-state index in [2.05, 4.69) is 12.2 Å². The number of hydrogen-bond donors (Lipinski definition) is 1. The fourth-order valence-electron chi connectivity index (χ4n) is 2.84. The summed E-state index contributed by atoms with van der Waals surface area (Å²) in [5.74, 6) is 1.28. The van der Waals surface area contributed by atoms with Crippen LogP contribution in [-0.2, 0) is 4.79 Å². The van der Waals surface area contributed by atoms with Gasteiger partial charge in [-0.05, 0) is 43.0 Å². The number of nitriles is 1. The number of nitrogens with one attached hydrogen (secondary N) is 1. The van der Waals surface area contributed by atoms with Crippen molar-refractivity contribution < 1.29 is 9.53 Å². The van der Waals surface area contributed by atoms with Crippen LogP contribution in [0.2, 0.25) is 0 Å². The third-order valence-corrected chi connectivity index (χ3v) is 4.08. The van der Waals surface area contributed by atoms with Gasteiger partial charge in [0.05, 0.1) is 11.6 Å². The molecule has 0 radical (unpaired) electrons. The van der Waals surface area contributed by atoms with Gasteiger partial charge in [0.15, 0.2) is 6.61 Å². The summed E-state index contributed by atoms with van der Waals surface area (Å²) in [7, 11) is 0. The molecule has 0 saturated heterocycles. The maximum Gasteiger partial charge on any atom is 0.258 e. The predicted molar refractivity (Wildman–Crippen MR) is 80.8 cm³/mol. The summed E-state index contributed by atoms with van der Waals surface area (Å²) in [6.07, 6.45) is 5.82. The van der Waals surface area contributed by atoms with Crippen molar-refractivity contribution in [3.8, 4) is 11.8 Å². The molecular formula is C17H22N2O2. The second-order valence-corrected chi connectivity index (χ2v) is 5.63. The van der Waals surface area contributed by atoms with Crippen LogP contribution in [0.3, 0.4) is 0 Å². The predicted octanol–water partition coefficient (Wildman–Crippen LogP) is 3.02. The Morgan fingerprint density at radius 2 is 2.14 bits per heavy atom. The van der Waals surface area contributed by atoms with Gasteiger partial charge in [-0.1, -0.05) is 26.2 Å². The van der Waals surface area contributed by atoms with Crippen LogP contribution >= 0.6 is 0 Å². The highest BCUT2D eigenvalue weighted by molar-refractivity contribution is 5.77. The first-order valence-corrected chi connectivity index (χ1v) is 7.63. The summed E-state index contributed by atoms with van der Waals surface area (Å²) in [5, 5.41) is 11.8. The van der Waals surface area contributed by atoms with Gasteiger partial charge in [0.2, 0.25) is 0 Å². The molecule has 1 fully saturated rings. The summed E-state index contributed by atoms with van der Waals surface area (Å²) in [4.78, 5) is 11.9. The van der Waals surface area contributed by atoms with E-state index in [1.807, 2.05) is 6.07 Å². The van der Waals surface area contributed by atoms with E-state index in [1.54, 1.807) is 24.3 Å². The monoisotopic (exact) mass is 286 g/mol. The SMILES string of the molecule is CCC1CCCC(NC(=O)COc2ccc(C#N)cc2)C1. The quantitative estimate of drug-likeness (QED) is 0.905. The van der Waals surface area contributed by atoms with Gasteiger partial charge < -0.3 is 10.1 Å². The molecule has 0 bridgehead atoms. The van der Waals surface area contributed by atoms with E-state index < -0.39 is 0 Å². The van der Waals surface area contributed by atoms with Crippen molar-refractivity contribution in [2.24, 2.45) is 5.92 Å². The molecule has 4 nitrogen and oxygen atoms in total. The molecule has 1 saturated carbocycles. The van der Waals surface area contributed by atoms with Crippen molar-refractivity contribution in [2.45, 2.75) is 45.1 Å². The highest BCUT2D eigenvalue weighted by Crippen LogP contribution is 2.26. The first-order chi connectivity index (χ1) is 10.2. The van der Waals surface area contributed by atoms with Gasteiger partial charge >= 0.3 is 0 Å². The second-order valence-electron chi connectivity index (χ2n) is 5.63. The molecule has 0 heterocycles. The van der Waals surface area contributed by atoms with Gasteiger partial charge in [-0.25, -0.2) is 0 Å². The minimum atomic E-state index is -0.0684. The molecule has 1 N–H and O–H groups in total. The number of carbonyl (C=O) groups is 1. The van der Waals surface area contributed by atoms with Crippen LogP contribution in [0.4, 0.5) is 0 Å². The second kappa shape index (κ2) is 7.68. The number of hydrogen-bond acceptors (Lipinski definition) is 3. The van der Waals surface area contributed by atoms with Crippen LogP contribution in [0.5, 0.6) is 5.75 Å². The Morgan fingerprint density at radius 3 is 2.81 bits per heavy atom. The van der Waals surface area contributed by atoms with Crippen LogP contribution in [0.1, 0.15) is 44.6 Å². The van der Waals surface area contributed by atoms with E-state index in [1.165, 1.54) is 19.3 Å². The van der Waals surface area contributed by atoms with E-state index in [0.29, 0.717) is 17.4 Å². The maximum absolute atomic E-state index is 11.9. The maximum atomic E-state index is 11.9. The Bertz CT molecular complexity index is 505. The van der Waals surface area contributed by atoms with Gasteiger partial charge in [0.1, 0.15) is 5.75 Å². The topological polar surface area (TPSA) is 62.1 Å². The number of rotatable bonds is 5. The summed E-state index contributed by atoms with van der Waals surface area (Å²) in [6.45, 7) is 2.24. The lowest BCUT2D eigenvalue weighted by atomic mass is 9.84. The van der Waals surface area contributed by atoms with Crippen LogP contribution in [0.15, 0.2) is 24.3 Å². The van der Waals surface area contributed by atoms with Crippen molar-refractivity contribution in [3.05, 3.63) is 29.8 Å². The smallest absolute Gasteiger partial charge is 0.258 e. The Balaban J connectivity index is 1.75. The summed E-state index contributed by atoms with van der Waals surface area (Å²) < 4.78 is 5.44. The molecule has 4 heteroatoms. The zero-order chi connectivity index (χ0) is 15.1. The lowest BCUT2D eigenvalue weighted by Crippen LogP contribution is -2.40. The Kier molecular flexibility index (Phi) is 5.62. The van der Waals surface area contributed by atoms with E-state index in [0.717, 1.165) is 18.8 Å². The first-order valence-electron chi connectivity index (χ1n) is 7.63. The molecule has 2 rings (SSSR count). The lowest BCUT2D eigenvalue weighted by molar-refractivity contribution is -0.124. The third kappa shape index (κ3) is 4.78. The Hall–Kier alpha value is -2.02. The van der Waals surface area contributed by atoms with Gasteiger partial charge in [0, 0.05) is 6.04 Å². The van der Waals surface area contributed by atoms with E-state index in [9.17, 15) is 4.79 Å². The number of nitrogens with zero attached hydrogens (tertiary/aromatic N) is 1. The highest BCUT2D eigenvalue weighted by Gasteiger charge is 2.22. The number of benzene rings is 1. The normalized spacial score (nSPS) is 21.3. The van der Waals surface area contributed by atoms with Crippen molar-refractivity contribution in [1.82, 2.24) is 5.32 Å². The summed E-state index contributed by atoms with van der Waals surface area (Å²) in [5.41, 5.74) is 0.583. The molecule has 1 aliphatic rings. The van der Waals surface area contributed by atoms with Gasteiger partial charge in [-0.2, -0.15) is 5.26 Å². The fourth-order valence-corrected chi connectivity index (χ4v) is 2.84. The molecule has 0 aliphatic heterocycles. The molecular weight excluding hydrogens is 264 g/mol. The highest BCUT2D eigenvalue weighted by atomic mass is 16.5. The molecule has 1 aliphatic carbocycles. The van der Waals surface area contributed by atoms with Crippen molar-refractivity contribution in [2.75, 3.05) is 6.61 Å². The fraction of sp³-hybridized carbons (Fsp3) is 0.529. The molecule has 21 heavy (non-hydrogen) atoms. The summed E-state index contributed by atoms with van der Waals surface area (Å²) in [6, 6.07) is 9.12. The van der Waals surface area contributed by atoms with Crippen molar-refractivity contribution >= 4 is 5.91 Å². The van der Waals surface area contributed by atoms with Crippen molar-refractivity contribution in [3.63, 3.8) is 0 Å². The molecule has 2 atom stereocenters. The minimum Gasteiger partial charge on any atom is -0.484 e. The molecule has 112 valence electrons. The molecule has 0 aromatic heterocycles. The average Bonchev–Trinajstić information content (AvgIpc) is 2.53. The van der Waals surface area contributed by atoms with E-state index >= 15 is 0 Å². The standard InChI is InChI=1S/C17H22N2O2/c1-2-13-4-3-5-15(10-13)19-17(20)12-21-16-8-6-14(11-18)7-9-16/h6-9,13,15H,2-5,10,12H2,1H3,(H,19,20). The lowest BCUT2D eigenvalue weighted by Gasteiger charge is -2.29. The molecule has 1 amide bonds. The van der Waals surface area contributed by atoms with Crippen LogP contribution in [0, 0.1) is 17.2 Å². The van der Waals surface area contributed by atoms with Gasteiger partial charge in [-0.3, -0.25) is 4.79 Å². The zero-order valence-electron chi connectivity index (χ0n) is 12.5. The number of carbonyl (C=O) groups excluding carboxylic acids is 1. The van der Waals surface area contributed by atoms with Crippen LogP contribution in [-0.4, -0.2) is 18.6 Å². The third-order valence-electron chi connectivity index (χ3n) is 4.08. The van der Waals surface area contributed by atoms with Gasteiger partial charge in [0.25, 0.3) is 5.91 Å². The van der Waals surface area contributed by atoms with Crippen LogP contribution in [0.25, 0.3) is 0 Å². The molecule has 1 aromatic rings. The largest absolute Gasteiger partial charge is 0.484 e. The zero-order valence-corrected chi connectivity index (χ0v) is 12.5. The van der Waals surface area contributed by atoms with E-state index in [4.69, 9.17) is 10.00 Å². The molecule has 1 aromatic carbocycles. The first kappa shape index (κ1) is 15.4. The average molecular weight is 286 g/mol. The minimum absolute atomic E-state index is 0.0270. The van der Waals surface area contributed by atoms with Crippen LogP contribution < -0.4 is 10.1 Å². The Morgan fingerprint density at radius 1 is 1.38 bits per heavy atom. The van der Waals surface area contributed by atoms with Crippen molar-refractivity contribution in [1.29, 1.82) is 5.26 Å². The molecule has 2 unspecified atom stereocenters. The Labute approximate surface area is 126 Å². The number of ether oxygens (including phenoxy) is 1. The van der Waals surface area contributed by atoms with Gasteiger partial charge in [-0.15, -0.1) is 0 Å².